The lowest BCUT2D eigenvalue weighted by Crippen LogP contribution is -2.33. The topological polar surface area (TPSA) is 101 Å². The van der Waals surface area contributed by atoms with Gasteiger partial charge in [-0.1, -0.05) is 23.9 Å². The van der Waals surface area contributed by atoms with E-state index >= 15 is 0 Å². The van der Waals surface area contributed by atoms with Gasteiger partial charge in [-0.25, -0.2) is 4.68 Å². The Labute approximate surface area is 171 Å². The third-order valence-electron chi connectivity index (χ3n) is 4.28. The van der Waals surface area contributed by atoms with Crippen molar-refractivity contribution in [1.82, 2.24) is 14.9 Å². The van der Waals surface area contributed by atoms with Crippen LogP contribution >= 0.6 is 23.1 Å². The highest BCUT2D eigenvalue weighted by Crippen LogP contribution is 2.26. The highest BCUT2D eigenvalue weighted by atomic mass is 32.2. The van der Waals surface area contributed by atoms with Crippen LogP contribution in [0.15, 0.2) is 40.9 Å². The van der Waals surface area contributed by atoms with Crippen LogP contribution in [0.5, 0.6) is 0 Å². The number of nitrogens with two attached hydrogens (primary N) is 1. The number of nitrogens with zero attached hydrogens (tertiary/aromatic N) is 5. The van der Waals surface area contributed by atoms with Gasteiger partial charge in [-0.05, 0) is 48.6 Å². The monoisotopic (exact) mass is 412 g/mol. The van der Waals surface area contributed by atoms with Crippen LogP contribution in [-0.2, 0) is 4.79 Å². The van der Waals surface area contributed by atoms with Gasteiger partial charge in [0.25, 0.3) is 0 Å². The number of carbonyl (C=O) groups is 1. The summed E-state index contributed by atoms with van der Waals surface area (Å²) in [5, 5.41) is 19.6. The largest absolute Gasteiger partial charge is 0.335 e. The molecule has 7 nitrogen and oxygen atoms in total. The molecular weight excluding hydrogens is 392 g/mol. The fourth-order valence-corrected chi connectivity index (χ4v) is 4.04. The third-order valence-corrected chi connectivity index (χ3v) is 6.07. The number of hydrogen-bond acceptors (Lipinski definition) is 7. The first-order valence-electron chi connectivity index (χ1n) is 8.63. The van der Waals surface area contributed by atoms with E-state index in [0.717, 1.165) is 21.7 Å². The average Bonchev–Trinajstić information content (AvgIpc) is 3.33. The van der Waals surface area contributed by atoms with Gasteiger partial charge in [0.15, 0.2) is 5.82 Å². The third kappa shape index (κ3) is 4.35. The molecule has 0 bridgehead atoms. The van der Waals surface area contributed by atoms with Crippen LogP contribution < -0.4 is 10.7 Å². The summed E-state index contributed by atoms with van der Waals surface area (Å²) in [4.78, 5) is 15.4. The molecule has 0 unspecified atom stereocenters. The maximum atomic E-state index is 12.9. The molecule has 9 heteroatoms. The Hall–Kier alpha value is -2.83. The van der Waals surface area contributed by atoms with E-state index in [4.69, 9.17) is 11.1 Å². The summed E-state index contributed by atoms with van der Waals surface area (Å²) in [5.74, 6) is 6.71. The van der Waals surface area contributed by atoms with Crippen molar-refractivity contribution < 1.29 is 4.79 Å². The Morgan fingerprint density at radius 2 is 2.14 bits per heavy atom. The van der Waals surface area contributed by atoms with Crippen LogP contribution in [0, 0.1) is 25.2 Å². The molecule has 3 rings (SSSR count). The number of nitrogen functional groups attached to an aromatic ring is 1. The standard InChI is InChI=1S/C19H20N6OS2/c1-13-6-7-15(11-14(13)2)24(9-4-8-20)17(26)12-28-19-23-22-18(25(19)21)16-5-3-10-27-16/h3,5-7,10-11H,4,9,12,21H2,1-2H3. The maximum Gasteiger partial charge on any atom is 0.237 e. The fourth-order valence-electron chi connectivity index (χ4n) is 2.61. The SMILES string of the molecule is Cc1ccc(N(CCC#N)C(=O)CSc2nnc(-c3cccs3)n2N)cc1C. The number of amides is 1. The van der Waals surface area contributed by atoms with Crippen molar-refractivity contribution in [2.75, 3.05) is 23.0 Å². The van der Waals surface area contributed by atoms with Crippen LogP contribution in [0.4, 0.5) is 5.69 Å². The van der Waals surface area contributed by atoms with Crippen molar-refractivity contribution in [3.63, 3.8) is 0 Å². The minimum Gasteiger partial charge on any atom is -0.335 e. The van der Waals surface area contributed by atoms with Gasteiger partial charge in [0.1, 0.15) is 0 Å². The van der Waals surface area contributed by atoms with Crippen LogP contribution in [0.1, 0.15) is 17.5 Å². The Balaban J connectivity index is 1.74. The van der Waals surface area contributed by atoms with Crippen molar-refractivity contribution >= 4 is 34.7 Å². The number of carbonyl (C=O) groups excluding carboxylic acids is 1. The smallest absolute Gasteiger partial charge is 0.237 e. The number of benzene rings is 1. The molecule has 0 spiro atoms. The molecule has 144 valence electrons. The highest BCUT2D eigenvalue weighted by molar-refractivity contribution is 7.99. The molecule has 0 aliphatic heterocycles. The van der Waals surface area contributed by atoms with E-state index in [1.807, 2.05) is 49.6 Å². The lowest BCUT2D eigenvalue weighted by atomic mass is 10.1. The van der Waals surface area contributed by atoms with Crippen LogP contribution in [0.25, 0.3) is 10.7 Å². The predicted octanol–water partition coefficient (Wildman–Crippen LogP) is 3.38. The van der Waals surface area contributed by atoms with Crippen molar-refractivity contribution in [1.29, 1.82) is 5.26 Å². The van der Waals surface area contributed by atoms with Crippen molar-refractivity contribution in [3.05, 3.63) is 46.8 Å². The Morgan fingerprint density at radius 3 is 2.82 bits per heavy atom. The van der Waals surface area contributed by atoms with Crippen molar-refractivity contribution in [2.24, 2.45) is 0 Å². The summed E-state index contributed by atoms with van der Waals surface area (Å²) < 4.78 is 1.40. The quantitative estimate of drug-likeness (QED) is 0.472. The summed E-state index contributed by atoms with van der Waals surface area (Å²) in [6.07, 6.45) is 0.263. The van der Waals surface area contributed by atoms with E-state index in [9.17, 15) is 4.79 Å². The molecule has 2 heterocycles. The molecule has 0 radical (unpaired) electrons. The van der Waals surface area contributed by atoms with E-state index < -0.39 is 0 Å². The number of thiophene rings is 1. The lowest BCUT2D eigenvalue weighted by Gasteiger charge is -2.22. The Kier molecular flexibility index (Phi) is 6.34. The summed E-state index contributed by atoms with van der Waals surface area (Å²) in [7, 11) is 0. The number of aromatic nitrogens is 3. The van der Waals surface area contributed by atoms with Gasteiger partial charge in [0.2, 0.25) is 11.1 Å². The number of thioether (sulfide) groups is 1. The molecule has 0 saturated carbocycles. The summed E-state index contributed by atoms with van der Waals surface area (Å²) >= 11 is 2.76. The highest BCUT2D eigenvalue weighted by Gasteiger charge is 2.19. The van der Waals surface area contributed by atoms with Gasteiger partial charge in [-0.2, -0.15) is 5.26 Å². The fraction of sp³-hybridized carbons (Fsp3) is 0.263. The van der Waals surface area contributed by atoms with Gasteiger partial charge in [-0.3, -0.25) is 4.79 Å². The molecule has 1 aromatic carbocycles. The van der Waals surface area contributed by atoms with E-state index in [1.54, 1.807) is 4.90 Å². The number of hydrogen-bond donors (Lipinski definition) is 1. The molecule has 0 fully saturated rings. The van der Waals surface area contributed by atoms with E-state index in [0.29, 0.717) is 17.5 Å². The number of nitriles is 1. The molecule has 28 heavy (non-hydrogen) atoms. The Morgan fingerprint density at radius 1 is 1.32 bits per heavy atom. The van der Waals surface area contributed by atoms with Crippen molar-refractivity contribution in [2.45, 2.75) is 25.4 Å². The molecule has 0 atom stereocenters. The minimum atomic E-state index is -0.107. The molecule has 2 aromatic heterocycles. The van der Waals surface area contributed by atoms with E-state index in [1.165, 1.54) is 27.8 Å². The maximum absolute atomic E-state index is 12.9. The first-order valence-corrected chi connectivity index (χ1v) is 10.5. The molecular formula is C19H20N6OS2. The van der Waals surface area contributed by atoms with Gasteiger partial charge in [0, 0.05) is 12.2 Å². The van der Waals surface area contributed by atoms with Crippen LogP contribution in [0.2, 0.25) is 0 Å². The first kappa shape index (κ1) is 19.9. The molecule has 1 amide bonds. The zero-order valence-electron chi connectivity index (χ0n) is 15.6. The average molecular weight is 413 g/mol. The number of anilines is 1. The lowest BCUT2D eigenvalue weighted by molar-refractivity contribution is -0.116. The predicted molar refractivity (Wildman–Crippen MR) is 113 cm³/mol. The van der Waals surface area contributed by atoms with Gasteiger partial charge in [-0.15, -0.1) is 21.5 Å². The molecule has 0 saturated heterocycles. The first-order chi connectivity index (χ1) is 13.5. The molecule has 2 N–H and O–H groups in total. The second-order valence-corrected chi connectivity index (χ2v) is 8.05. The molecule has 3 aromatic rings. The molecule has 0 aliphatic carbocycles. The summed E-state index contributed by atoms with van der Waals surface area (Å²) in [6.45, 7) is 4.37. The van der Waals surface area contributed by atoms with E-state index in [2.05, 4.69) is 16.3 Å². The van der Waals surface area contributed by atoms with Crippen molar-refractivity contribution in [3.8, 4) is 16.8 Å². The Bertz CT molecular complexity index is 1010. The summed E-state index contributed by atoms with van der Waals surface area (Å²) in [6, 6.07) is 11.8. The second-order valence-electron chi connectivity index (χ2n) is 6.16. The van der Waals surface area contributed by atoms with Crippen LogP contribution in [-0.4, -0.2) is 33.1 Å². The van der Waals surface area contributed by atoms with E-state index in [-0.39, 0.29) is 18.1 Å². The zero-order chi connectivity index (χ0) is 20.1. The minimum absolute atomic E-state index is 0.107. The second kappa shape index (κ2) is 8.91. The summed E-state index contributed by atoms with van der Waals surface area (Å²) in [5.41, 5.74) is 3.04. The molecule has 0 aliphatic rings. The van der Waals surface area contributed by atoms with Gasteiger partial charge in [0.05, 0.1) is 23.1 Å². The normalized spacial score (nSPS) is 10.6. The van der Waals surface area contributed by atoms with Crippen LogP contribution in [0.3, 0.4) is 0 Å². The van der Waals surface area contributed by atoms with Gasteiger partial charge >= 0.3 is 0 Å². The van der Waals surface area contributed by atoms with Gasteiger partial charge < -0.3 is 10.7 Å². The zero-order valence-corrected chi connectivity index (χ0v) is 17.3. The number of aryl methyl sites for hydroxylation is 2. The number of rotatable bonds is 7.